The highest BCUT2D eigenvalue weighted by Crippen LogP contribution is 2.30. The van der Waals surface area contributed by atoms with Crippen molar-refractivity contribution < 1.29 is 14.3 Å². The highest BCUT2D eigenvalue weighted by molar-refractivity contribution is 6.31. The fourth-order valence-electron chi connectivity index (χ4n) is 3.41. The SMILES string of the molecule is Cc1ccc(N2C[C@@H](C(=O)Oc3ccc(-c4ccccc4)cc3)CC2=O)cc1Cl. The molecule has 1 fully saturated rings. The van der Waals surface area contributed by atoms with Gasteiger partial charge in [0.2, 0.25) is 5.91 Å². The van der Waals surface area contributed by atoms with E-state index in [0.717, 1.165) is 16.7 Å². The lowest BCUT2D eigenvalue weighted by Crippen LogP contribution is -2.27. The molecule has 0 unspecified atom stereocenters. The maximum atomic E-state index is 12.6. The number of hydrogen-bond acceptors (Lipinski definition) is 3. The molecule has 1 aliphatic rings. The van der Waals surface area contributed by atoms with Crippen molar-refractivity contribution in [2.75, 3.05) is 11.4 Å². The van der Waals surface area contributed by atoms with Crippen molar-refractivity contribution in [3.05, 3.63) is 83.4 Å². The van der Waals surface area contributed by atoms with Crippen molar-refractivity contribution in [3.63, 3.8) is 0 Å². The molecule has 1 amide bonds. The zero-order valence-corrected chi connectivity index (χ0v) is 16.7. The van der Waals surface area contributed by atoms with Gasteiger partial charge in [-0.25, -0.2) is 0 Å². The first-order chi connectivity index (χ1) is 14.0. The van der Waals surface area contributed by atoms with E-state index in [-0.39, 0.29) is 12.3 Å². The zero-order chi connectivity index (χ0) is 20.4. The van der Waals surface area contributed by atoms with Crippen molar-refractivity contribution in [2.24, 2.45) is 5.92 Å². The number of carbonyl (C=O) groups excluding carboxylic acids is 2. The van der Waals surface area contributed by atoms with E-state index in [1.54, 1.807) is 23.1 Å². The standard InChI is InChI=1S/C24H20ClNO3/c1-16-7-10-20(14-22(16)25)26-15-19(13-23(26)27)24(28)29-21-11-8-18(9-12-21)17-5-3-2-4-6-17/h2-12,14,19H,13,15H2,1H3/t19-/m0/s1. The summed E-state index contributed by atoms with van der Waals surface area (Å²) in [6.07, 6.45) is 0.131. The Morgan fingerprint density at radius 1 is 1.00 bits per heavy atom. The van der Waals surface area contributed by atoms with E-state index >= 15 is 0 Å². The molecule has 0 aromatic heterocycles. The number of benzene rings is 3. The number of aryl methyl sites for hydroxylation is 1. The molecular formula is C24H20ClNO3. The maximum Gasteiger partial charge on any atom is 0.316 e. The summed E-state index contributed by atoms with van der Waals surface area (Å²) in [7, 11) is 0. The minimum atomic E-state index is -0.503. The van der Waals surface area contributed by atoms with Gasteiger partial charge in [0, 0.05) is 23.7 Å². The molecule has 4 nitrogen and oxygen atoms in total. The topological polar surface area (TPSA) is 46.6 Å². The first-order valence-electron chi connectivity index (χ1n) is 9.45. The Bertz CT molecular complexity index is 1050. The number of ether oxygens (including phenoxy) is 1. The van der Waals surface area contributed by atoms with Crippen molar-refractivity contribution in [1.29, 1.82) is 0 Å². The molecule has 1 aliphatic heterocycles. The van der Waals surface area contributed by atoms with Crippen LogP contribution in [0.25, 0.3) is 11.1 Å². The van der Waals surface area contributed by atoms with E-state index in [4.69, 9.17) is 16.3 Å². The quantitative estimate of drug-likeness (QED) is 0.438. The Kier molecular flexibility index (Phi) is 5.36. The van der Waals surface area contributed by atoms with Crippen LogP contribution in [0.15, 0.2) is 72.8 Å². The van der Waals surface area contributed by atoms with Crippen molar-refractivity contribution in [1.82, 2.24) is 0 Å². The summed E-state index contributed by atoms with van der Waals surface area (Å²) in [5.41, 5.74) is 3.79. The summed E-state index contributed by atoms with van der Waals surface area (Å²) < 4.78 is 5.52. The third-order valence-electron chi connectivity index (χ3n) is 5.11. The van der Waals surface area contributed by atoms with Gasteiger partial charge in [-0.3, -0.25) is 9.59 Å². The number of halogens is 1. The van der Waals surface area contributed by atoms with Crippen LogP contribution in [0, 0.1) is 12.8 Å². The molecule has 5 heteroatoms. The third kappa shape index (κ3) is 4.17. The van der Waals surface area contributed by atoms with Crippen LogP contribution in [0.3, 0.4) is 0 Å². The summed E-state index contributed by atoms with van der Waals surface area (Å²) >= 11 is 6.17. The van der Waals surface area contributed by atoms with E-state index in [0.29, 0.717) is 23.0 Å². The minimum Gasteiger partial charge on any atom is -0.426 e. The zero-order valence-electron chi connectivity index (χ0n) is 16.0. The fraction of sp³-hybridized carbons (Fsp3) is 0.167. The average molecular weight is 406 g/mol. The van der Waals surface area contributed by atoms with Gasteiger partial charge in [-0.15, -0.1) is 0 Å². The Balaban J connectivity index is 1.42. The molecule has 29 heavy (non-hydrogen) atoms. The molecule has 0 saturated carbocycles. The predicted octanol–water partition coefficient (Wildman–Crippen LogP) is 5.27. The van der Waals surface area contributed by atoms with Gasteiger partial charge in [0.1, 0.15) is 5.75 Å². The van der Waals surface area contributed by atoms with Gasteiger partial charge in [0.25, 0.3) is 0 Å². The van der Waals surface area contributed by atoms with Gasteiger partial charge >= 0.3 is 5.97 Å². The normalized spacial score (nSPS) is 16.1. The summed E-state index contributed by atoms with van der Waals surface area (Å²) in [5, 5.41) is 0.597. The molecule has 0 radical (unpaired) electrons. The van der Waals surface area contributed by atoms with Gasteiger partial charge < -0.3 is 9.64 Å². The van der Waals surface area contributed by atoms with Crippen molar-refractivity contribution >= 4 is 29.2 Å². The van der Waals surface area contributed by atoms with Gasteiger partial charge in [-0.05, 0) is 47.9 Å². The summed E-state index contributed by atoms with van der Waals surface area (Å²) in [4.78, 5) is 26.6. The highest BCUT2D eigenvalue weighted by Gasteiger charge is 2.36. The van der Waals surface area contributed by atoms with Crippen LogP contribution in [0.1, 0.15) is 12.0 Å². The van der Waals surface area contributed by atoms with Crippen molar-refractivity contribution in [2.45, 2.75) is 13.3 Å². The Labute approximate surface area is 174 Å². The molecule has 0 spiro atoms. The first kappa shape index (κ1) is 19.2. The molecule has 4 rings (SSSR count). The monoisotopic (exact) mass is 405 g/mol. The number of anilines is 1. The number of nitrogens with zero attached hydrogens (tertiary/aromatic N) is 1. The van der Waals surface area contributed by atoms with Crippen LogP contribution in [0.5, 0.6) is 5.75 Å². The lowest BCUT2D eigenvalue weighted by atomic mass is 10.1. The smallest absolute Gasteiger partial charge is 0.316 e. The molecule has 0 N–H and O–H groups in total. The largest absolute Gasteiger partial charge is 0.426 e. The third-order valence-corrected chi connectivity index (χ3v) is 5.51. The first-order valence-corrected chi connectivity index (χ1v) is 9.83. The molecule has 0 bridgehead atoms. The lowest BCUT2D eigenvalue weighted by molar-refractivity contribution is -0.139. The minimum absolute atomic E-state index is 0.105. The van der Waals surface area contributed by atoms with Gasteiger partial charge in [-0.1, -0.05) is 60.1 Å². The molecular weight excluding hydrogens is 386 g/mol. The second-order valence-corrected chi connectivity index (χ2v) is 7.56. The molecule has 0 aliphatic carbocycles. The number of rotatable bonds is 4. The second-order valence-electron chi connectivity index (χ2n) is 7.15. The second kappa shape index (κ2) is 8.10. The highest BCUT2D eigenvalue weighted by atomic mass is 35.5. The number of carbonyl (C=O) groups is 2. The van der Waals surface area contributed by atoms with Crippen LogP contribution in [0.2, 0.25) is 5.02 Å². The Morgan fingerprint density at radius 3 is 2.38 bits per heavy atom. The summed E-state index contributed by atoms with van der Waals surface area (Å²) in [5.74, 6) is -0.534. The van der Waals surface area contributed by atoms with E-state index in [2.05, 4.69) is 0 Å². The van der Waals surface area contributed by atoms with E-state index in [1.807, 2.05) is 61.5 Å². The number of amides is 1. The molecule has 1 atom stereocenters. The van der Waals surface area contributed by atoms with Crippen LogP contribution in [-0.2, 0) is 9.59 Å². The van der Waals surface area contributed by atoms with E-state index < -0.39 is 11.9 Å². The molecule has 146 valence electrons. The molecule has 1 saturated heterocycles. The molecule has 1 heterocycles. The predicted molar refractivity (Wildman–Crippen MR) is 114 cm³/mol. The number of esters is 1. The van der Waals surface area contributed by atoms with Crippen LogP contribution in [-0.4, -0.2) is 18.4 Å². The van der Waals surface area contributed by atoms with E-state index in [1.165, 1.54) is 0 Å². The van der Waals surface area contributed by atoms with Crippen LogP contribution < -0.4 is 9.64 Å². The van der Waals surface area contributed by atoms with E-state index in [9.17, 15) is 9.59 Å². The van der Waals surface area contributed by atoms with Crippen LogP contribution in [0.4, 0.5) is 5.69 Å². The Hall–Kier alpha value is -3.11. The van der Waals surface area contributed by atoms with Gasteiger partial charge in [0.05, 0.1) is 5.92 Å². The molecule has 3 aromatic rings. The summed E-state index contributed by atoms with van der Waals surface area (Å²) in [6, 6.07) is 22.8. The maximum absolute atomic E-state index is 12.6. The lowest BCUT2D eigenvalue weighted by Gasteiger charge is -2.17. The average Bonchev–Trinajstić information content (AvgIpc) is 3.13. The van der Waals surface area contributed by atoms with Gasteiger partial charge in [0.15, 0.2) is 0 Å². The number of hydrogen-bond donors (Lipinski definition) is 0. The molecule has 3 aromatic carbocycles. The Morgan fingerprint density at radius 2 is 1.69 bits per heavy atom. The summed E-state index contributed by atoms with van der Waals surface area (Å²) in [6.45, 7) is 2.19. The fourth-order valence-corrected chi connectivity index (χ4v) is 3.58. The van der Waals surface area contributed by atoms with Crippen molar-refractivity contribution in [3.8, 4) is 16.9 Å². The van der Waals surface area contributed by atoms with Gasteiger partial charge in [-0.2, -0.15) is 0 Å². The van der Waals surface area contributed by atoms with Crippen LogP contribution >= 0.6 is 11.6 Å².